The van der Waals surface area contributed by atoms with Crippen molar-refractivity contribution in [1.29, 1.82) is 0 Å². The summed E-state index contributed by atoms with van der Waals surface area (Å²) >= 11 is 1.46. The first-order valence-electron chi connectivity index (χ1n) is 26.0. The number of aromatic nitrogens is 1. The molecular formula is C60H68BF12NO5S. The fraction of sp³-hybridized carbons (Fsp3) is 0.467. The molecule has 1 saturated heterocycles. The zero-order chi connectivity index (χ0) is 60.6. The van der Waals surface area contributed by atoms with Crippen LogP contribution in [0.5, 0.6) is 0 Å². The second-order valence-corrected chi connectivity index (χ2v) is 22.5. The second-order valence-electron chi connectivity index (χ2n) is 21.6. The molecule has 1 aromatic heterocycles. The molecule has 0 spiro atoms. The minimum atomic E-state index is -5.92. The van der Waals surface area contributed by atoms with Gasteiger partial charge in [-0.05, 0) is 156 Å². The van der Waals surface area contributed by atoms with Gasteiger partial charge in [-0.25, -0.2) is 4.98 Å². The lowest BCUT2D eigenvalue weighted by Crippen LogP contribution is -2.55. The Kier molecular flexibility index (Phi) is 19.3. The number of benzene rings is 4. The number of hydrogen-bond acceptors (Lipinski definition) is 7. The van der Waals surface area contributed by atoms with Crippen molar-refractivity contribution in [2.24, 2.45) is 0 Å². The first kappa shape index (κ1) is 65.5. The second kappa shape index (κ2) is 23.5. The Labute approximate surface area is 464 Å². The van der Waals surface area contributed by atoms with Crippen LogP contribution < -0.4 is 5.46 Å². The molecule has 6 rings (SSSR count). The summed E-state index contributed by atoms with van der Waals surface area (Å²) in [6, 6.07) is 22.1. The molecule has 5 aromatic rings. The molecule has 0 bridgehead atoms. The van der Waals surface area contributed by atoms with Crippen LogP contribution in [-0.4, -0.2) is 75.2 Å². The van der Waals surface area contributed by atoms with E-state index in [1.165, 1.54) is 30.4 Å². The van der Waals surface area contributed by atoms with Crippen molar-refractivity contribution in [2.45, 2.75) is 180 Å². The molecule has 4 aromatic carbocycles. The first-order chi connectivity index (χ1) is 36.6. The van der Waals surface area contributed by atoms with E-state index in [1.54, 1.807) is 38.1 Å². The predicted octanol–water partition coefficient (Wildman–Crippen LogP) is 16.1. The molecule has 1 fully saturated rings. The van der Waals surface area contributed by atoms with Crippen molar-refractivity contribution >= 4 is 41.9 Å². The van der Waals surface area contributed by atoms with Gasteiger partial charge in [0.05, 0.1) is 16.9 Å². The SMILES string of the molecule is CCC(CC)(c1ccc(/C=C/C(O)(C(F)(F)F)C(F)(F)F)c(C)c1)c1ccc(-c2nc(CC(C)=O)cs2)c(C)c1.CCC(CC)(c1ccc(/C=C/C(O)(C(F)(F)F)C(F)(F)F)c(C)c1)c1ccc(B2OC(C)(C)C(C)(C)O2)c(C)c1. The van der Waals surface area contributed by atoms with Gasteiger partial charge in [-0.1, -0.05) is 118 Å². The maximum absolute atomic E-state index is 13.1. The summed E-state index contributed by atoms with van der Waals surface area (Å²) in [7, 11) is -0.517. The summed E-state index contributed by atoms with van der Waals surface area (Å²) in [5, 5.41) is 21.6. The number of thiazole rings is 1. The average molecular weight is 1150 g/mol. The highest BCUT2D eigenvalue weighted by atomic mass is 32.1. The fourth-order valence-corrected chi connectivity index (χ4v) is 11.0. The van der Waals surface area contributed by atoms with E-state index < -0.39 is 65.1 Å². The van der Waals surface area contributed by atoms with Crippen LogP contribution in [0.3, 0.4) is 0 Å². The lowest BCUT2D eigenvalue weighted by molar-refractivity contribution is -0.348. The minimum Gasteiger partial charge on any atom is -0.399 e. The van der Waals surface area contributed by atoms with Gasteiger partial charge in [-0.3, -0.25) is 4.79 Å². The summed E-state index contributed by atoms with van der Waals surface area (Å²) in [4.78, 5) is 16.0. The van der Waals surface area contributed by atoms with E-state index in [1.807, 2.05) is 98.9 Å². The minimum absolute atomic E-state index is 0.0350. The molecule has 0 amide bonds. The number of nitrogens with zero attached hydrogens (tertiary/aromatic N) is 1. The molecule has 0 radical (unpaired) electrons. The van der Waals surface area contributed by atoms with Crippen LogP contribution in [0.2, 0.25) is 0 Å². The van der Waals surface area contributed by atoms with Crippen molar-refractivity contribution in [1.82, 2.24) is 4.98 Å². The van der Waals surface area contributed by atoms with Crippen molar-refractivity contribution in [3.8, 4) is 10.6 Å². The quantitative estimate of drug-likeness (QED) is 0.0756. The zero-order valence-corrected chi connectivity index (χ0v) is 47.8. The topological polar surface area (TPSA) is 88.9 Å². The van der Waals surface area contributed by atoms with Crippen LogP contribution in [-0.2, 0) is 31.4 Å². The molecule has 436 valence electrons. The number of alkyl halides is 12. The molecule has 6 nitrogen and oxygen atoms in total. The number of halogens is 12. The Morgan fingerprint density at radius 3 is 1.24 bits per heavy atom. The van der Waals surface area contributed by atoms with E-state index in [9.17, 15) is 67.7 Å². The molecule has 0 saturated carbocycles. The summed E-state index contributed by atoms with van der Waals surface area (Å²) < 4.78 is 170. The number of Topliss-reactive ketones (excluding diaryl/α,β-unsaturated/α-hetero) is 1. The van der Waals surface area contributed by atoms with Crippen LogP contribution in [0.25, 0.3) is 22.7 Å². The predicted molar refractivity (Wildman–Crippen MR) is 291 cm³/mol. The first-order valence-corrected chi connectivity index (χ1v) is 26.9. The molecular weight excluding hydrogens is 1090 g/mol. The van der Waals surface area contributed by atoms with Crippen molar-refractivity contribution in [3.63, 3.8) is 0 Å². The third-order valence-electron chi connectivity index (χ3n) is 16.1. The van der Waals surface area contributed by atoms with Crippen molar-refractivity contribution in [2.75, 3.05) is 0 Å². The summed E-state index contributed by atoms with van der Waals surface area (Å²) in [6.07, 6.45) is -19.8. The molecule has 1 aliphatic heterocycles. The molecule has 1 aliphatic rings. The number of rotatable bonds is 16. The smallest absolute Gasteiger partial charge is 0.399 e. The van der Waals surface area contributed by atoms with Crippen LogP contribution in [0, 0.1) is 27.7 Å². The molecule has 2 heterocycles. The zero-order valence-electron chi connectivity index (χ0n) is 46.9. The van der Waals surface area contributed by atoms with Crippen molar-refractivity contribution < 1.29 is 77.0 Å². The van der Waals surface area contributed by atoms with Gasteiger partial charge in [0.15, 0.2) is 0 Å². The van der Waals surface area contributed by atoms with E-state index in [0.717, 1.165) is 55.1 Å². The summed E-state index contributed by atoms with van der Waals surface area (Å²) in [6.45, 7) is 24.8. The molecule has 80 heavy (non-hydrogen) atoms. The third kappa shape index (κ3) is 12.8. The van der Waals surface area contributed by atoms with E-state index in [-0.39, 0.29) is 35.5 Å². The van der Waals surface area contributed by atoms with E-state index >= 15 is 0 Å². The maximum atomic E-state index is 13.1. The average Bonchev–Trinajstić information content (AvgIpc) is 3.88. The number of carbonyl (C=O) groups excluding carboxylic acids is 1. The Hall–Kier alpha value is -5.28. The number of aliphatic hydroxyl groups is 2. The molecule has 0 atom stereocenters. The van der Waals surface area contributed by atoms with Gasteiger partial charge in [-0.15, -0.1) is 11.3 Å². The number of carbonyl (C=O) groups is 1. The molecule has 20 heteroatoms. The number of hydrogen-bond donors (Lipinski definition) is 2. The fourth-order valence-electron chi connectivity index (χ4n) is 10.1. The number of ketones is 1. The van der Waals surface area contributed by atoms with Crippen molar-refractivity contribution in [3.05, 3.63) is 152 Å². The van der Waals surface area contributed by atoms with E-state index in [4.69, 9.17) is 9.31 Å². The normalized spacial score (nSPS) is 15.7. The van der Waals surface area contributed by atoms with Gasteiger partial charge < -0.3 is 19.5 Å². The Morgan fingerprint density at radius 2 is 0.912 bits per heavy atom. The highest BCUT2D eigenvalue weighted by Gasteiger charge is 2.70. The summed E-state index contributed by atoms with van der Waals surface area (Å²) in [5.74, 6) is 0.0350. The Morgan fingerprint density at radius 1 is 0.562 bits per heavy atom. The Balaban J connectivity index is 0.000000294. The van der Waals surface area contributed by atoms with E-state index in [2.05, 4.69) is 17.1 Å². The van der Waals surface area contributed by atoms with Crippen LogP contribution in [0.15, 0.2) is 90.3 Å². The van der Waals surface area contributed by atoms with Gasteiger partial charge in [-0.2, -0.15) is 52.7 Å². The van der Waals surface area contributed by atoms with Gasteiger partial charge in [0, 0.05) is 28.2 Å². The van der Waals surface area contributed by atoms with Gasteiger partial charge in [0.25, 0.3) is 11.2 Å². The molecule has 0 unspecified atom stereocenters. The van der Waals surface area contributed by atoms with Gasteiger partial charge in [0.2, 0.25) is 0 Å². The van der Waals surface area contributed by atoms with Crippen LogP contribution in [0.4, 0.5) is 52.7 Å². The van der Waals surface area contributed by atoms with Crippen LogP contribution >= 0.6 is 11.3 Å². The van der Waals surface area contributed by atoms with Crippen LogP contribution in [0.1, 0.15) is 149 Å². The monoisotopic (exact) mass is 1150 g/mol. The highest BCUT2D eigenvalue weighted by Crippen LogP contribution is 2.48. The lowest BCUT2D eigenvalue weighted by Gasteiger charge is -2.34. The lowest BCUT2D eigenvalue weighted by atomic mass is 9.68. The van der Waals surface area contributed by atoms with E-state index in [0.29, 0.717) is 49.0 Å². The third-order valence-corrected chi connectivity index (χ3v) is 17.0. The van der Waals surface area contributed by atoms with Gasteiger partial charge >= 0.3 is 31.8 Å². The number of aryl methyl sites for hydroxylation is 4. The molecule has 2 N–H and O–H groups in total. The maximum Gasteiger partial charge on any atom is 0.495 e. The standard InChI is InChI=1S/C30H37BF6O3.C30H31F6NO2S/c1-9-27(10-2,23-13-14-24(20(4)18-23)31-39-25(5,6)26(7,8)40-31)22-12-11-21(19(3)17-22)15-16-28(38,29(32,33)34)30(35,36)37;1-6-27(7-2,23-10-11-25(19(4)15-23)26-37-24(17-40-26)16-20(5)38)22-9-8-21(18(3)14-22)12-13-28(39,29(31,32)33)30(34,35)36/h11-18,38H,9-10H2,1-8H3;8-15,17,39H,6-7,16H2,1-5H3/b16-15+;13-12+. The van der Waals surface area contributed by atoms with Gasteiger partial charge in [0.1, 0.15) is 10.8 Å². The highest BCUT2D eigenvalue weighted by molar-refractivity contribution is 7.13. The Bertz CT molecular complexity index is 3030. The molecule has 0 aliphatic carbocycles. The summed E-state index contributed by atoms with van der Waals surface area (Å²) in [5.41, 5.74) is -2.18. The largest absolute Gasteiger partial charge is 0.495 e.